The molecule has 1 fully saturated rings. The summed E-state index contributed by atoms with van der Waals surface area (Å²) in [7, 11) is 0. The number of aliphatic carboxylic acids is 1. The minimum Gasteiger partial charge on any atom is -0.481 e. The van der Waals surface area contributed by atoms with Crippen molar-refractivity contribution in [2.24, 2.45) is 0 Å². The van der Waals surface area contributed by atoms with Gasteiger partial charge in [-0.25, -0.2) is 0 Å². The molecule has 0 unspecified atom stereocenters. The molecule has 26 heavy (non-hydrogen) atoms. The summed E-state index contributed by atoms with van der Waals surface area (Å²) in [6, 6.07) is 7.34. The van der Waals surface area contributed by atoms with Gasteiger partial charge in [-0.2, -0.15) is 0 Å². The van der Waals surface area contributed by atoms with Crippen molar-refractivity contribution in [2.75, 3.05) is 19.7 Å². The zero-order valence-electron chi connectivity index (χ0n) is 14.6. The fourth-order valence-corrected chi connectivity index (χ4v) is 3.47. The number of nitrogens with zero attached hydrogens (tertiary/aromatic N) is 2. The maximum Gasteiger partial charge on any atom is 0.306 e. The Hall–Kier alpha value is -2.67. The van der Waals surface area contributed by atoms with Crippen LogP contribution >= 0.6 is 0 Å². The summed E-state index contributed by atoms with van der Waals surface area (Å²) in [6.45, 7) is 2.49. The van der Waals surface area contributed by atoms with Crippen LogP contribution in [0.4, 0.5) is 0 Å². The third-order valence-corrected chi connectivity index (χ3v) is 4.73. The first-order valence-corrected chi connectivity index (χ1v) is 8.63. The average Bonchev–Trinajstić information content (AvgIpc) is 2.61. The number of amides is 2. The molecular weight excluding hydrogens is 336 g/mol. The minimum atomic E-state index is -0.946. The number of hydrogen-bond acceptors (Lipinski definition) is 4. The SMILES string of the molecule is CC(=O)N1C=Cc2ccccc2[C@H]1CC(=O)N1CCO[C@@H](CC(=O)O)C1. The van der Waals surface area contributed by atoms with Crippen LogP contribution in [0.3, 0.4) is 0 Å². The molecule has 0 aliphatic carbocycles. The van der Waals surface area contributed by atoms with Gasteiger partial charge < -0.3 is 19.6 Å². The second-order valence-electron chi connectivity index (χ2n) is 6.52. The van der Waals surface area contributed by atoms with Crippen LogP contribution in [0.5, 0.6) is 0 Å². The van der Waals surface area contributed by atoms with E-state index in [-0.39, 0.29) is 37.2 Å². The van der Waals surface area contributed by atoms with E-state index in [4.69, 9.17) is 9.84 Å². The lowest BCUT2D eigenvalue weighted by atomic mass is 9.93. The molecule has 2 aliphatic heterocycles. The van der Waals surface area contributed by atoms with E-state index in [1.165, 1.54) is 6.92 Å². The highest BCUT2D eigenvalue weighted by molar-refractivity contribution is 5.82. The Kier molecular flexibility index (Phi) is 5.37. The van der Waals surface area contributed by atoms with E-state index >= 15 is 0 Å². The van der Waals surface area contributed by atoms with Gasteiger partial charge in [0.05, 0.1) is 31.6 Å². The number of fused-ring (bicyclic) bond motifs is 1. The van der Waals surface area contributed by atoms with Gasteiger partial charge in [0.15, 0.2) is 0 Å². The molecule has 2 aliphatic rings. The molecule has 7 nitrogen and oxygen atoms in total. The Bertz CT molecular complexity index is 745. The summed E-state index contributed by atoms with van der Waals surface area (Å²) < 4.78 is 5.42. The lowest BCUT2D eigenvalue weighted by Gasteiger charge is -2.36. The summed E-state index contributed by atoms with van der Waals surface area (Å²) in [6.07, 6.45) is 3.12. The molecule has 0 spiro atoms. The number of carbonyl (C=O) groups is 3. The topological polar surface area (TPSA) is 87.2 Å². The van der Waals surface area contributed by atoms with Gasteiger partial charge in [-0.1, -0.05) is 24.3 Å². The van der Waals surface area contributed by atoms with Crippen molar-refractivity contribution in [3.05, 3.63) is 41.6 Å². The summed E-state index contributed by atoms with van der Waals surface area (Å²) in [4.78, 5) is 38.9. The third-order valence-electron chi connectivity index (χ3n) is 4.73. The lowest BCUT2D eigenvalue weighted by Crippen LogP contribution is -2.47. The first-order chi connectivity index (χ1) is 12.5. The average molecular weight is 358 g/mol. The number of carboxylic acids is 1. The minimum absolute atomic E-state index is 0.106. The molecule has 0 saturated carbocycles. The monoisotopic (exact) mass is 358 g/mol. The van der Waals surface area contributed by atoms with Crippen molar-refractivity contribution in [1.82, 2.24) is 9.80 Å². The van der Waals surface area contributed by atoms with E-state index in [9.17, 15) is 14.4 Å². The van der Waals surface area contributed by atoms with Crippen molar-refractivity contribution >= 4 is 23.9 Å². The van der Waals surface area contributed by atoms with Crippen LogP contribution in [0.1, 0.15) is 36.9 Å². The number of carboxylic acid groups (broad SMARTS) is 1. The number of benzene rings is 1. The Morgan fingerprint density at radius 1 is 1.23 bits per heavy atom. The number of rotatable bonds is 4. The molecule has 0 bridgehead atoms. The second-order valence-corrected chi connectivity index (χ2v) is 6.52. The molecule has 3 rings (SSSR count). The van der Waals surface area contributed by atoms with Gasteiger partial charge >= 0.3 is 5.97 Å². The first-order valence-electron chi connectivity index (χ1n) is 8.63. The normalized spacial score (nSPS) is 22.0. The molecule has 0 radical (unpaired) electrons. The number of carbonyl (C=O) groups excluding carboxylic acids is 2. The van der Waals surface area contributed by atoms with Crippen LogP contribution in [-0.4, -0.2) is 58.5 Å². The van der Waals surface area contributed by atoms with Gasteiger partial charge in [0, 0.05) is 26.2 Å². The summed E-state index contributed by atoms with van der Waals surface area (Å²) in [5.41, 5.74) is 1.93. The van der Waals surface area contributed by atoms with Gasteiger partial charge in [0.1, 0.15) is 0 Å². The van der Waals surface area contributed by atoms with Crippen LogP contribution in [0, 0.1) is 0 Å². The van der Waals surface area contributed by atoms with Gasteiger partial charge in [-0.3, -0.25) is 14.4 Å². The number of morpholine rings is 1. The Morgan fingerprint density at radius 2 is 2.00 bits per heavy atom. The molecule has 138 valence electrons. The van der Waals surface area contributed by atoms with E-state index in [2.05, 4.69) is 0 Å². The highest BCUT2D eigenvalue weighted by Gasteiger charge is 2.32. The van der Waals surface area contributed by atoms with Crippen molar-refractivity contribution < 1.29 is 24.2 Å². The van der Waals surface area contributed by atoms with Crippen molar-refractivity contribution in [2.45, 2.75) is 31.9 Å². The number of hydrogen-bond donors (Lipinski definition) is 1. The highest BCUT2D eigenvalue weighted by atomic mass is 16.5. The predicted octanol–water partition coefficient (Wildman–Crippen LogP) is 1.65. The second kappa shape index (κ2) is 7.70. The van der Waals surface area contributed by atoms with E-state index in [1.807, 2.05) is 30.3 Å². The van der Waals surface area contributed by atoms with Crippen LogP contribution < -0.4 is 0 Å². The first kappa shape index (κ1) is 18.1. The van der Waals surface area contributed by atoms with Crippen LogP contribution in [0.2, 0.25) is 0 Å². The van der Waals surface area contributed by atoms with E-state index in [0.717, 1.165) is 11.1 Å². The predicted molar refractivity (Wildman–Crippen MR) is 93.9 cm³/mol. The van der Waals surface area contributed by atoms with E-state index in [0.29, 0.717) is 13.2 Å². The lowest BCUT2D eigenvalue weighted by molar-refractivity contribution is -0.148. The summed E-state index contributed by atoms with van der Waals surface area (Å²) in [5, 5.41) is 8.92. The third kappa shape index (κ3) is 3.94. The molecule has 1 N–H and O–H groups in total. The molecule has 1 saturated heterocycles. The smallest absolute Gasteiger partial charge is 0.306 e. The van der Waals surface area contributed by atoms with E-state index in [1.54, 1.807) is 16.0 Å². The quantitative estimate of drug-likeness (QED) is 0.884. The Labute approximate surface area is 151 Å². The molecule has 2 atom stereocenters. The van der Waals surface area contributed by atoms with Crippen LogP contribution in [-0.2, 0) is 19.1 Å². The molecule has 7 heteroatoms. The zero-order valence-corrected chi connectivity index (χ0v) is 14.6. The highest BCUT2D eigenvalue weighted by Crippen LogP contribution is 2.33. The van der Waals surface area contributed by atoms with Crippen molar-refractivity contribution in [3.63, 3.8) is 0 Å². The summed E-state index contributed by atoms with van der Waals surface area (Å²) in [5.74, 6) is -1.18. The molecule has 2 amide bonds. The number of ether oxygens (including phenoxy) is 1. The van der Waals surface area contributed by atoms with Crippen LogP contribution in [0.25, 0.3) is 6.08 Å². The molecule has 0 aromatic heterocycles. The largest absolute Gasteiger partial charge is 0.481 e. The Morgan fingerprint density at radius 3 is 2.73 bits per heavy atom. The van der Waals surface area contributed by atoms with Crippen LogP contribution in [0.15, 0.2) is 30.5 Å². The molecule has 1 aromatic carbocycles. The molecule has 2 heterocycles. The van der Waals surface area contributed by atoms with Gasteiger partial charge in [0.25, 0.3) is 0 Å². The fraction of sp³-hybridized carbons (Fsp3) is 0.421. The van der Waals surface area contributed by atoms with Gasteiger partial charge in [-0.15, -0.1) is 0 Å². The maximum absolute atomic E-state index is 12.8. The Balaban J connectivity index is 1.75. The van der Waals surface area contributed by atoms with Crippen molar-refractivity contribution in [3.8, 4) is 0 Å². The zero-order chi connectivity index (χ0) is 18.7. The summed E-state index contributed by atoms with van der Waals surface area (Å²) >= 11 is 0. The maximum atomic E-state index is 12.8. The molecular formula is C19H22N2O5. The fourth-order valence-electron chi connectivity index (χ4n) is 3.47. The van der Waals surface area contributed by atoms with Crippen molar-refractivity contribution in [1.29, 1.82) is 0 Å². The van der Waals surface area contributed by atoms with Gasteiger partial charge in [0.2, 0.25) is 11.8 Å². The van der Waals surface area contributed by atoms with Gasteiger partial charge in [-0.05, 0) is 17.2 Å². The van der Waals surface area contributed by atoms with E-state index < -0.39 is 12.1 Å². The standard InChI is InChI=1S/C19H22N2O5/c1-13(22)21-7-6-14-4-2-3-5-16(14)17(21)11-18(23)20-8-9-26-15(12-20)10-19(24)25/h2-7,15,17H,8-12H2,1H3,(H,24,25)/t15-,17+/m0/s1. The molecule has 1 aromatic rings.